The fourth-order valence-electron chi connectivity index (χ4n) is 2.67. The van der Waals surface area contributed by atoms with Crippen LogP contribution in [0.4, 0.5) is 11.4 Å². The number of rotatable bonds is 7. The minimum atomic E-state index is -0.499. The number of ketones is 1. The second-order valence-electron chi connectivity index (χ2n) is 5.66. The first-order valence-electron chi connectivity index (χ1n) is 7.73. The number of ether oxygens (including phenoxy) is 2. The van der Waals surface area contributed by atoms with Crippen LogP contribution < -0.4 is 5.32 Å². The molecule has 9 heteroatoms. The Morgan fingerprint density at radius 3 is 2.62 bits per heavy atom. The minimum Gasteiger partial charge on any atom is -0.490 e. The molecule has 0 saturated carbocycles. The highest BCUT2D eigenvalue weighted by Gasteiger charge is 2.32. The second kappa shape index (κ2) is 7.71. The van der Waals surface area contributed by atoms with Crippen LogP contribution in [0, 0.1) is 10.1 Å². The number of anilines is 1. The maximum atomic E-state index is 12.6. The standard InChI is InChI=1S/C17H14N2O5S2/c20-14(12-5-7-24-17(12)26)9-13(16-15(25)6-8-23-16)18-10-1-3-11(4-2-10)19(21)22/h1-6,8,13,16,18H,7,9H2. The molecule has 2 unspecified atom stereocenters. The van der Waals surface area contributed by atoms with Gasteiger partial charge in [0.05, 0.1) is 27.7 Å². The Morgan fingerprint density at radius 1 is 1.35 bits per heavy atom. The Balaban J connectivity index is 1.77. The van der Waals surface area contributed by atoms with Crippen LogP contribution in [-0.2, 0) is 14.3 Å². The molecule has 26 heavy (non-hydrogen) atoms. The number of hydrogen-bond donors (Lipinski definition) is 1. The first-order valence-corrected chi connectivity index (χ1v) is 8.54. The van der Waals surface area contributed by atoms with E-state index in [0.717, 1.165) is 0 Å². The van der Waals surface area contributed by atoms with Crippen molar-refractivity contribution in [3.63, 3.8) is 0 Å². The van der Waals surface area contributed by atoms with Crippen molar-refractivity contribution >= 4 is 51.5 Å². The van der Waals surface area contributed by atoms with Crippen LogP contribution >= 0.6 is 24.4 Å². The topological polar surface area (TPSA) is 90.7 Å². The number of carbonyl (C=O) groups is 1. The summed E-state index contributed by atoms with van der Waals surface area (Å²) >= 11 is 10.3. The van der Waals surface area contributed by atoms with E-state index in [-0.39, 0.29) is 22.9 Å². The van der Waals surface area contributed by atoms with Crippen LogP contribution in [0.1, 0.15) is 6.42 Å². The zero-order valence-corrected chi connectivity index (χ0v) is 15.0. The van der Waals surface area contributed by atoms with E-state index in [4.69, 9.17) is 33.9 Å². The third kappa shape index (κ3) is 3.94. The van der Waals surface area contributed by atoms with Crippen molar-refractivity contribution in [2.45, 2.75) is 18.6 Å². The number of carbonyl (C=O) groups excluding carboxylic acids is 1. The molecule has 2 heterocycles. The number of thiocarbonyl (C=S) groups is 2. The van der Waals surface area contributed by atoms with Gasteiger partial charge in [-0.3, -0.25) is 14.9 Å². The van der Waals surface area contributed by atoms with Gasteiger partial charge in [0, 0.05) is 24.2 Å². The third-order valence-electron chi connectivity index (χ3n) is 3.96. The first kappa shape index (κ1) is 18.2. The summed E-state index contributed by atoms with van der Waals surface area (Å²) in [5.74, 6) is -0.176. The Labute approximate surface area is 159 Å². The normalized spacial score (nSPS) is 19.5. The second-order valence-corrected chi connectivity index (χ2v) is 6.50. The van der Waals surface area contributed by atoms with Crippen molar-refractivity contribution in [1.29, 1.82) is 0 Å². The first-order chi connectivity index (χ1) is 12.5. The molecule has 0 spiro atoms. The van der Waals surface area contributed by atoms with Gasteiger partial charge in [-0.25, -0.2) is 0 Å². The Bertz CT molecular complexity index is 832. The lowest BCUT2D eigenvalue weighted by Gasteiger charge is -2.25. The van der Waals surface area contributed by atoms with Crippen LogP contribution in [0.25, 0.3) is 0 Å². The quantitative estimate of drug-likeness (QED) is 0.432. The molecule has 0 fully saturated rings. The molecule has 1 N–H and O–H groups in total. The zero-order chi connectivity index (χ0) is 18.7. The molecular weight excluding hydrogens is 376 g/mol. The molecule has 1 aromatic carbocycles. The smallest absolute Gasteiger partial charge is 0.269 e. The highest BCUT2D eigenvalue weighted by atomic mass is 32.1. The van der Waals surface area contributed by atoms with Gasteiger partial charge in [-0.05, 0) is 36.5 Å². The highest BCUT2D eigenvalue weighted by Crippen LogP contribution is 2.23. The van der Waals surface area contributed by atoms with Crippen molar-refractivity contribution in [3.8, 4) is 0 Å². The molecule has 0 radical (unpaired) electrons. The van der Waals surface area contributed by atoms with Gasteiger partial charge >= 0.3 is 0 Å². The summed E-state index contributed by atoms with van der Waals surface area (Å²) in [6, 6.07) is 5.45. The van der Waals surface area contributed by atoms with Gasteiger partial charge in [0.1, 0.15) is 6.61 Å². The largest absolute Gasteiger partial charge is 0.490 e. The molecule has 0 aromatic heterocycles. The molecule has 1 aromatic rings. The predicted octanol–water partition coefficient (Wildman–Crippen LogP) is 2.90. The van der Waals surface area contributed by atoms with Gasteiger partial charge in [0.2, 0.25) is 0 Å². The van der Waals surface area contributed by atoms with Crippen molar-refractivity contribution in [2.75, 3.05) is 11.9 Å². The third-order valence-corrected chi connectivity index (χ3v) is 4.67. The van der Waals surface area contributed by atoms with Gasteiger partial charge < -0.3 is 14.8 Å². The zero-order valence-electron chi connectivity index (χ0n) is 13.4. The number of benzene rings is 1. The molecule has 2 aliphatic rings. The maximum absolute atomic E-state index is 12.6. The number of non-ortho nitro benzene ring substituents is 1. The summed E-state index contributed by atoms with van der Waals surface area (Å²) in [6.45, 7) is 0.292. The van der Waals surface area contributed by atoms with Crippen molar-refractivity contribution in [1.82, 2.24) is 0 Å². The fourth-order valence-corrected chi connectivity index (χ4v) is 3.21. The van der Waals surface area contributed by atoms with Crippen LogP contribution in [0.5, 0.6) is 0 Å². The summed E-state index contributed by atoms with van der Waals surface area (Å²) < 4.78 is 10.7. The van der Waals surface area contributed by atoms with Crippen LogP contribution in [0.3, 0.4) is 0 Å². The summed E-state index contributed by atoms with van der Waals surface area (Å²) in [5.41, 5.74) is 0.981. The van der Waals surface area contributed by atoms with E-state index < -0.39 is 17.1 Å². The van der Waals surface area contributed by atoms with E-state index in [0.29, 0.717) is 22.7 Å². The van der Waals surface area contributed by atoms with Crippen molar-refractivity contribution < 1.29 is 19.2 Å². The number of nitrogens with one attached hydrogen (secondary N) is 1. The fraction of sp³-hybridized carbons (Fsp3) is 0.235. The SMILES string of the molecule is O=C(CC(Nc1ccc([N+](=O)[O-])cc1)C1OC=CC1=S)C1=CCOC1=S. The number of nitro groups is 1. The monoisotopic (exact) mass is 390 g/mol. The minimum absolute atomic E-state index is 0.0175. The van der Waals surface area contributed by atoms with E-state index in [1.165, 1.54) is 18.4 Å². The highest BCUT2D eigenvalue weighted by molar-refractivity contribution is 7.81. The molecule has 0 amide bonds. The molecule has 0 saturated heterocycles. The maximum Gasteiger partial charge on any atom is 0.269 e. The van der Waals surface area contributed by atoms with E-state index in [1.807, 2.05) is 0 Å². The molecule has 0 bridgehead atoms. The van der Waals surface area contributed by atoms with Crippen LogP contribution in [-0.4, -0.2) is 39.4 Å². The average Bonchev–Trinajstić information content (AvgIpc) is 3.23. The molecule has 3 rings (SSSR count). The lowest BCUT2D eigenvalue weighted by atomic mass is 9.98. The number of nitro benzene ring substituents is 1. The van der Waals surface area contributed by atoms with Gasteiger partial charge in [-0.1, -0.05) is 12.2 Å². The molecule has 2 atom stereocenters. The van der Waals surface area contributed by atoms with Crippen molar-refractivity contribution in [2.24, 2.45) is 0 Å². The van der Waals surface area contributed by atoms with Gasteiger partial charge in [0.25, 0.3) is 5.69 Å². The predicted molar refractivity (Wildman–Crippen MR) is 103 cm³/mol. The van der Waals surface area contributed by atoms with E-state index in [9.17, 15) is 14.9 Å². The van der Waals surface area contributed by atoms with Crippen LogP contribution in [0.15, 0.2) is 48.3 Å². The number of Topliss-reactive ketones (excluding diaryl/α,β-unsaturated/α-hetero) is 1. The molecule has 0 aliphatic carbocycles. The lowest BCUT2D eigenvalue weighted by molar-refractivity contribution is -0.384. The molecule has 2 aliphatic heterocycles. The van der Waals surface area contributed by atoms with E-state index in [2.05, 4.69) is 5.32 Å². The number of hydrogen-bond acceptors (Lipinski definition) is 8. The Kier molecular flexibility index (Phi) is 5.38. The number of nitrogens with zero attached hydrogens (tertiary/aromatic N) is 1. The average molecular weight is 390 g/mol. The Hall–Kier alpha value is -2.65. The lowest BCUT2D eigenvalue weighted by Crippen LogP contribution is -2.39. The molecule has 134 valence electrons. The van der Waals surface area contributed by atoms with Gasteiger partial charge in [0.15, 0.2) is 16.9 Å². The van der Waals surface area contributed by atoms with E-state index >= 15 is 0 Å². The molecular formula is C17H14N2O5S2. The van der Waals surface area contributed by atoms with Gasteiger partial charge in [-0.2, -0.15) is 0 Å². The summed E-state index contributed by atoms with van der Waals surface area (Å²) in [7, 11) is 0. The van der Waals surface area contributed by atoms with Crippen molar-refractivity contribution in [3.05, 3.63) is 58.4 Å². The summed E-state index contributed by atoms with van der Waals surface area (Å²) in [4.78, 5) is 23.4. The van der Waals surface area contributed by atoms with Crippen LogP contribution in [0.2, 0.25) is 0 Å². The molecule has 7 nitrogen and oxygen atoms in total. The van der Waals surface area contributed by atoms with E-state index in [1.54, 1.807) is 24.3 Å². The van der Waals surface area contributed by atoms with Gasteiger partial charge in [-0.15, -0.1) is 0 Å². The summed E-state index contributed by atoms with van der Waals surface area (Å²) in [6.07, 6.45) is 4.39. The Morgan fingerprint density at radius 2 is 2.08 bits per heavy atom. The summed E-state index contributed by atoms with van der Waals surface area (Å²) in [5, 5.41) is 14.1.